The smallest absolute Gasteiger partial charge is 0.0242 e. The molecule has 2 rings (SSSR count). The van der Waals surface area contributed by atoms with Crippen molar-refractivity contribution in [3.63, 3.8) is 0 Å². The van der Waals surface area contributed by atoms with Crippen molar-refractivity contribution in [1.29, 1.82) is 0 Å². The van der Waals surface area contributed by atoms with Crippen LogP contribution in [0.25, 0.3) is 0 Å². The fourth-order valence-electron chi connectivity index (χ4n) is 1.69. The Morgan fingerprint density at radius 1 is 1.33 bits per heavy atom. The summed E-state index contributed by atoms with van der Waals surface area (Å²) < 4.78 is 1.98. The van der Waals surface area contributed by atoms with Crippen molar-refractivity contribution in [3.8, 4) is 0 Å². The van der Waals surface area contributed by atoms with Gasteiger partial charge in [-0.2, -0.15) is 0 Å². The van der Waals surface area contributed by atoms with E-state index in [4.69, 9.17) is 0 Å². The van der Waals surface area contributed by atoms with E-state index in [2.05, 4.69) is 10.9 Å². The Labute approximate surface area is 77.7 Å². The van der Waals surface area contributed by atoms with Gasteiger partial charge >= 0.3 is 0 Å². The molecule has 1 fully saturated rings. The minimum Gasteiger partial charge on any atom is -0.302 e. The Kier molecular flexibility index (Phi) is 2.92. The highest BCUT2D eigenvalue weighted by Crippen LogP contribution is 2.19. The number of hydrazine groups is 2. The number of nitrogens with zero attached hydrogens (tertiary/aromatic N) is 1. The summed E-state index contributed by atoms with van der Waals surface area (Å²) in [7, 11) is 0. The molecule has 68 valence electrons. The van der Waals surface area contributed by atoms with E-state index in [1.165, 1.54) is 32.1 Å². The third kappa shape index (κ3) is 2.15. The first-order valence-electron chi connectivity index (χ1n) is 4.59. The van der Waals surface area contributed by atoms with Crippen molar-refractivity contribution in [2.75, 3.05) is 0 Å². The monoisotopic (exact) mass is 185 g/mol. The Bertz CT molecular complexity index is 158. The molecule has 1 heterocycles. The number of rotatable bonds is 2. The highest BCUT2D eigenvalue weighted by Gasteiger charge is 2.16. The molecular formula is C8H15N3S. The second-order valence-corrected chi connectivity index (χ2v) is 4.14. The number of hydrogen-bond acceptors (Lipinski definition) is 4. The van der Waals surface area contributed by atoms with Crippen LogP contribution < -0.4 is 10.9 Å². The Balaban J connectivity index is 1.70. The third-order valence-corrected chi connectivity index (χ3v) is 3.01. The first kappa shape index (κ1) is 8.41. The molecule has 0 amide bonds. The maximum Gasteiger partial charge on any atom is 0.0242 e. The van der Waals surface area contributed by atoms with Crippen LogP contribution in [-0.2, 0) is 0 Å². The van der Waals surface area contributed by atoms with Gasteiger partial charge in [0.25, 0.3) is 0 Å². The van der Waals surface area contributed by atoms with Crippen LogP contribution in [-0.4, -0.2) is 10.6 Å². The van der Waals surface area contributed by atoms with Crippen LogP contribution in [0.4, 0.5) is 0 Å². The number of nitrogens with one attached hydrogen (secondary N) is 2. The Morgan fingerprint density at radius 3 is 2.83 bits per heavy atom. The van der Waals surface area contributed by atoms with E-state index in [1.807, 2.05) is 16.1 Å². The van der Waals surface area contributed by atoms with Crippen molar-refractivity contribution < 1.29 is 0 Å². The molecule has 0 aromatic rings. The molecule has 3 nitrogen and oxygen atoms in total. The minimum atomic E-state index is 0.679. The van der Waals surface area contributed by atoms with Gasteiger partial charge < -0.3 is 5.43 Å². The normalized spacial score (nSPS) is 26.0. The van der Waals surface area contributed by atoms with Gasteiger partial charge in [0.15, 0.2) is 0 Å². The molecule has 0 spiro atoms. The number of hydrogen-bond donors (Lipinski definition) is 2. The third-order valence-electron chi connectivity index (χ3n) is 2.33. The van der Waals surface area contributed by atoms with Gasteiger partial charge in [-0.25, -0.2) is 5.43 Å². The van der Waals surface area contributed by atoms with Crippen LogP contribution in [0.15, 0.2) is 11.6 Å². The molecule has 1 aliphatic heterocycles. The molecule has 0 bridgehead atoms. The highest BCUT2D eigenvalue weighted by molar-refractivity contribution is 8.00. The largest absolute Gasteiger partial charge is 0.302 e. The zero-order chi connectivity index (χ0) is 8.23. The molecular weight excluding hydrogens is 170 g/mol. The topological polar surface area (TPSA) is 27.3 Å². The maximum atomic E-state index is 3.44. The molecule has 0 aromatic carbocycles. The predicted molar refractivity (Wildman–Crippen MR) is 51.7 cm³/mol. The molecule has 1 saturated carbocycles. The van der Waals surface area contributed by atoms with Crippen molar-refractivity contribution >= 4 is 11.9 Å². The van der Waals surface area contributed by atoms with Crippen LogP contribution in [0.3, 0.4) is 0 Å². The van der Waals surface area contributed by atoms with Gasteiger partial charge in [-0.3, -0.25) is 0 Å². The van der Waals surface area contributed by atoms with Crippen LogP contribution >= 0.6 is 11.9 Å². The summed E-state index contributed by atoms with van der Waals surface area (Å²) in [4.78, 5) is 0. The van der Waals surface area contributed by atoms with E-state index in [1.54, 1.807) is 11.9 Å². The summed E-state index contributed by atoms with van der Waals surface area (Å²) in [5, 5.41) is 2.04. The molecule has 1 aliphatic carbocycles. The summed E-state index contributed by atoms with van der Waals surface area (Å²) in [6, 6.07) is 0.679. The van der Waals surface area contributed by atoms with E-state index in [9.17, 15) is 0 Å². The standard InChI is InChI=1S/C8H15N3S/c1-2-4-8(5-3-1)10-11-9-6-7-12-11/h6-10H,1-5H2. The summed E-state index contributed by atoms with van der Waals surface area (Å²) in [6.07, 6.45) is 8.75. The van der Waals surface area contributed by atoms with Crippen molar-refractivity contribution in [2.45, 2.75) is 38.1 Å². The fraction of sp³-hybridized carbons (Fsp3) is 0.750. The lowest BCUT2D eigenvalue weighted by Crippen LogP contribution is -2.45. The van der Waals surface area contributed by atoms with Crippen molar-refractivity contribution in [1.82, 2.24) is 15.4 Å². The van der Waals surface area contributed by atoms with E-state index >= 15 is 0 Å². The fourth-order valence-corrected chi connectivity index (χ4v) is 2.26. The Hall–Kier alpha value is -0.190. The van der Waals surface area contributed by atoms with Crippen molar-refractivity contribution in [2.24, 2.45) is 0 Å². The molecule has 0 radical (unpaired) electrons. The van der Waals surface area contributed by atoms with Crippen LogP contribution in [0.1, 0.15) is 32.1 Å². The van der Waals surface area contributed by atoms with Gasteiger partial charge in [0.2, 0.25) is 0 Å². The second-order valence-electron chi connectivity index (χ2n) is 3.30. The first-order valence-corrected chi connectivity index (χ1v) is 5.43. The van der Waals surface area contributed by atoms with E-state index in [0.29, 0.717) is 6.04 Å². The van der Waals surface area contributed by atoms with Gasteiger partial charge in [-0.05, 0) is 24.8 Å². The zero-order valence-corrected chi connectivity index (χ0v) is 7.94. The molecule has 4 heteroatoms. The zero-order valence-electron chi connectivity index (χ0n) is 7.12. The van der Waals surface area contributed by atoms with Gasteiger partial charge in [-0.15, -0.1) is 0 Å². The molecule has 0 saturated heterocycles. The molecule has 0 aromatic heterocycles. The lowest BCUT2D eigenvalue weighted by Gasteiger charge is -2.27. The molecule has 2 N–H and O–H groups in total. The summed E-state index contributed by atoms with van der Waals surface area (Å²) >= 11 is 1.67. The molecule has 12 heavy (non-hydrogen) atoms. The first-order chi connectivity index (χ1) is 5.95. The summed E-state index contributed by atoms with van der Waals surface area (Å²) in [5.41, 5.74) is 6.55. The van der Waals surface area contributed by atoms with Crippen LogP contribution in [0, 0.1) is 0 Å². The minimum absolute atomic E-state index is 0.679. The lowest BCUT2D eigenvalue weighted by molar-refractivity contribution is 0.222. The molecule has 2 aliphatic rings. The highest BCUT2D eigenvalue weighted by atomic mass is 32.2. The van der Waals surface area contributed by atoms with Crippen LogP contribution in [0.5, 0.6) is 0 Å². The molecule has 0 atom stereocenters. The van der Waals surface area contributed by atoms with E-state index in [0.717, 1.165) is 0 Å². The second kappa shape index (κ2) is 4.16. The summed E-state index contributed by atoms with van der Waals surface area (Å²) in [5.74, 6) is 0. The SMILES string of the molecule is C1=CSN(NC2CCCCC2)N1. The van der Waals surface area contributed by atoms with Gasteiger partial charge in [0.1, 0.15) is 0 Å². The lowest BCUT2D eigenvalue weighted by atomic mass is 9.96. The molecule has 0 unspecified atom stereocenters. The Morgan fingerprint density at radius 2 is 2.17 bits per heavy atom. The van der Waals surface area contributed by atoms with Crippen molar-refractivity contribution in [3.05, 3.63) is 11.6 Å². The summed E-state index contributed by atoms with van der Waals surface area (Å²) in [6.45, 7) is 0. The van der Waals surface area contributed by atoms with E-state index in [-0.39, 0.29) is 0 Å². The van der Waals surface area contributed by atoms with Gasteiger partial charge in [-0.1, -0.05) is 23.8 Å². The van der Waals surface area contributed by atoms with Crippen LogP contribution in [0.2, 0.25) is 0 Å². The van der Waals surface area contributed by atoms with Gasteiger partial charge in [0, 0.05) is 17.6 Å². The van der Waals surface area contributed by atoms with E-state index < -0.39 is 0 Å². The quantitative estimate of drug-likeness (QED) is 0.641. The average Bonchev–Trinajstić information content (AvgIpc) is 2.59. The maximum absolute atomic E-state index is 3.44. The van der Waals surface area contributed by atoms with Gasteiger partial charge in [0.05, 0.1) is 0 Å². The average molecular weight is 185 g/mol. The predicted octanol–water partition coefficient (Wildman–Crippen LogP) is 1.76.